The number of nitrogens with one attached hydrogen (secondary N) is 1. The van der Waals surface area contributed by atoms with Gasteiger partial charge in [-0.3, -0.25) is 13.9 Å². The summed E-state index contributed by atoms with van der Waals surface area (Å²) in [7, 11) is -3.87. The van der Waals surface area contributed by atoms with Gasteiger partial charge in [-0.05, 0) is 115 Å². The Morgan fingerprint density at radius 1 is 0.824 bits per heavy atom. The maximum absolute atomic E-state index is 14.6. The molecule has 3 aromatic rings. The Morgan fingerprint density at radius 2 is 1.45 bits per heavy atom. The first kappa shape index (κ1) is 36.3. The number of carbonyl (C=O) groups is 2. The molecule has 5 fully saturated rings. The fourth-order valence-corrected chi connectivity index (χ4v) is 11.2. The van der Waals surface area contributed by atoms with Gasteiger partial charge in [0.2, 0.25) is 21.8 Å². The second-order valence-corrected chi connectivity index (χ2v) is 18.6. The molecule has 7 nitrogen and oxygen atoms in total. The third-order valence-electron chi connectivity index (χ3n) is 12.0. The minimum Gasteiger partial charge on any atom is -0.352 e. The van der Waals surface area contributed by atoms with Crippen molar-refractivity contribution >= 4 is 50.7 Å². The monoisotopic (exact) mass is 749 g/mol. The van der Waals surface area contributed by atoms with Crippen molar-refractivity contribution in [2.75, 3.05) is 17.1 Å². The number of nitrogens with zero attached hydrogens (tertiary/aromatic N) is 2. The number of hydrogen-bond donors (Lipinski definition) is 1. The molecule has 0 aromatic heterocycles. The average Bonchev–Trinajstić information content (AvgIpc) is 3.10. The topological polar surface area (TPSA) is 86.8 Å². The number of hydrogen-bond acceptors (Lipinski definition) is 4. The van der Waals surface area contributed by atoms with Crippen molar-refractivity contribution in [3.63, 3.8) is 0 Å². The van der Waals surface area contributed by atoms with Crippen LogP contribution in [0.1, 0.15) is 87.3 Å². The molecular weight excluding hydrogens is 701 g/mol. The van der Waals surface area contributed by atoms with Crippen LogP contribution in [0.3, 0.4) is 0 Å². The summed E-state index contributed by atoms with van der Waals surface area (Å²) < 4.78 is 28.1. The van der Waals surface area contributed by atoms with Crippen LogP contribution in [0.5, 0.6) is 0 Å². The first-order valence-corrected chi connectivity index (χ1v) is 21.2. The highest BCUT2D eigenvalue weighted by atomic mass is 35.5. The molecule has 5 saturated carbocycles. The second kappa shape index (κ2) is 15.1. The molecule has 272 valence electrons. The summed E-state index contributed by atoms with van der Waals surface area (Å²) >= 11 is 12.7. The van der Waals surface area contributed by atoms with Gasteiger partial charge in [0.25, 0.3) is 0 Å². The van der Waals surface area contributed by atoms with Crippen molar-refractivity contribution in [2.45, 2.75) is 101 Å². The van der Waals surface area contributed by atoms with Crippen molar-refractivity contribution in [2.24, 2.45) is 17.8 Å². The van der Waals surface area contributed by atoms with Gasteiger partial charge in [-0.1, -0.05) is 91.0 Å². The fraction of sp³-hybridized carbons (Fsp3) is 0.512. The van der Waals surface area contributed by atoms with Gasteiger partial charge in [-0.25, -0.2) is 8.42 Å². The van der Waals surface area contributed by atoms with E-state index in [0.29, 0.717) is 21.3 Å². The predicted molar refractivity (Wildman–Crippen MR) is 204 cm³/mol. The van der Waals surface area contributed by atoms with Crippen LogP contribution in [-0.4, -0.2) is 50.0 Å². The van der Waals surface area contributed by atoms with Gasteiger partial charge in [0.05, 0.1) is 22.0 Å². The number of benzene rings is 3. The van der Waals surface area contributed by atoms with Crippen LogP contribution in [-0.2, 0) is 38.0 Å². The minimum absolute atomic E-state index is 0.0338. The number of amides is 2. The molecule has 0 saturated heterocycles. The smallest absolute Gasteiger partial charge is 0.244 e. The summed E-state index contributed by atoms with van der Waals surface area (Å²) in [6, 6.07) is 21.8. The van der Waals surface area contributed by atoms with E-state index >= 15 is 0 Å². The van der Waals surface area contributed by atoms with Crippen LogP contribution in [0, 0.1) is 17.8 Å². The van der Waals surface area contributed by atoms with E-state index in [1.54, 1.807) is 18.2 Å². The molecule has 1 atom stereocenters. The van der Waals surface area contributed by atoms with Crippen LogP contribution in [0.15, 0.2) is 72.8 Å². The lowest BCUT2D eigenvalue weighted by Gasteiger charge is -2.57. The van der Waals surface area contributed by atoms with E-state index in [0.717, 1.165) is 61.7 Å². The van der Waals surface area contributed by atoms with Crippen LogP contribution in [0.2, 0.25) is 10.0 Å². The first-order chi connectivity index (χ1) is 24.5. The lowest BCUT2D eigenvalue weighted by atomic mass is 9.48. The lowest BCUT2D eigenvalue weighted by molar-refractivity contribution is -0.140. The zero-order chi connectivity index (χ0) is 35.8. The molecule has 0 spiro atoms. The maximum atomic E-state index is 14.6. The van der Waals surface area contributed by atoms with Gasteiger partial charge in [0.15, 0.2) is 0 Å². The lowest BCUT2D eigenvalue weighted by Crippen LogP contribution is -2.55. The molecule has 0 radical (unpaired) electrons. The molecule has 0 unspecified atom stereocenters. The standard InChI is InChI=1S/C41H49Cl2N3O4S/c1-51(49,50)46(35-15-13-33(14-16-35)41-23-30-18-31(24-41)20-32(19-30)25-41)27-39(47)45(26-29-12-17-36(42)37(43)21-29)38(22-28-8-4-2-5-9-28)40(48)44-34-10-6-3-7-11-34/h2,4-5,8-9,12-17,21,30-32,34,38H,3,6-7,10-11,18-20,22-27H2,1H3,(H,44,48)/t30?,31?,32?,38-,41?/m0/s1. The van der Waals surface area contributed by atoms with E-state index in [9.17, 15) is 18.0 Å². The predicted octanol–water partition coefficient (Wildman–Crippen LogP) is 8.32. The SMILES string of the molecule is CS(=O)(=O)N(CC(=O)N(Cc1ccc(Cl)c(Cl)c1)[C@@H](Cc1ccccc1)C(=O)NC1CCCCC1)c1ccc(C23CC4CC(CC(C4)C2)C3)cc1. The Morgan fingerprint density at radius 3 is 2.04 bits per heavy atom. The van der Waals surface area contributed by atoms with Crippen LogP contribution < -0.4 is 9.62 Å². The third kappa shape index (κ3) is 8.29. The van der Waals surface area contributed by atoms with Gasteiger partial charge < -0.3 is 10.2 Å². The molecule has 0 aliphatic heterocycles. The molecule has 5 aliphatic carbocycles. The number of rotatable bonds is 12. The molecule has 4 bridgehead atoms. The quantitative estimate of drug-likeness (QED) is 0.202. The van der Waals surface area contributed by atoms with Gasteiger partial charge >= 0.3 is 0 Å². The van der Waals surface area contributed by atoms with Crippen molar-refractivity contribution < 1.29 is 18.0 Å². The van der Waals surface area contributed by atoms with Crippen LogP contribution in [0.25, 0.3) is 0 Å². The van der Waals surface area contributed by atoms with E-state index in [4.69, 9.17) is 23.2 Å². The van der Waals surface area contributed by atoms with E-state index in [1.807, 2.05) is 42.5 Å². The summed E-state index contributed by atoms with van der Waals surface area (Å²) in [5.41, 5.74) is 3.49. The Labute approximate surface area is 313 Å². The van der Waals surface area contributed by atoms with Crippen molar-refractivity contribution in [3.8, 4) is 0 Å². The van der Waals surface area contributed by atoms with Crippen LogP contribution >= 0.6 is 23.2 Å². The summed E-state index contributed by atoms with van der Waals surface area (Å²) in [4.78, 5) is 30.4. The zero-order valence-corrected chi connectivity index (χ0v) is 31.7. The largest absolute Gasteiger partial charge is 0.352 e. The molecule has 51 heavy (non-hydrogen) atoms. The molecule has 2 amide bonds. The number of halogens is 2. The normalized spacial score (nSPS) is 25.0. The van der Waals surface area contributed by atoms with Crippen molar-refractivity contribution in [1.82, 2.24) is 10.2 Å². The summed E-state index contributed by atoms with van der Waals surface area (Å²) in [5.74, 6) is 1.66. The number of anilines is 1. The third-order valence-corrected chi connectivity index (χ3v) is 13.9. The maximum Gasteiger partial charge on any atom is 0.244 e. The number of carbonyl (C=O) groups excluding carboxylic acids is 2. The molecule has 10 heteroatoms. The van der Waals surface area contributed by atoms with E-state index in [1.165, 1.54) is 53.3 Å². The highest BCUT2D eigenvalue weighted by Gasteiger charge is 2.51. The fourth-order valence-electron chi connectivity index (χ4n) is 9.99. The van der Waals surface area contributed by atoms with Gasteiger partial charge in [-0.2, -0.15) is 0 Å². The molecular formula is C41H49Cl2N3O4S. The van der Waals surface area contributed by atoms with Crippen molar-refractivity contribution in [1.29, 1.82) is 0 Å². The second-order valence-electron chi connectivity index (χ2n) is 15.8. The highest BCUT2D eigenvalue weighted by Crippen LogP contribution is 2.60. The van der Waals surface area contributed by atoms with Crippen LogP contribution in [0.4, 0.5) is 5.69 Å². The van der Waals surface area contributed by atoms with E-state index in [-0.39, 0.29) is 30.3 Å². The first-order valence-electron chi connectivity index (χ1n) is 18.6. The molecule has 3 aromatic carbocycles. The highest BCUT2D eigenvalue weighted by molar-refractivity contribution is 7.92. The van der Waals surface area contributed by atoms with Gasteiger partial charge in [0.1, 0.15) is 12.6 Å². The minimum atomic E-state index is -3.87. The van der Waals surface area contributed by atoms with Gasteiger partial charge in [0, 0.05) is 19.0 Å². The summed E-state index contributed by atoms with van der Waals surface area (Å²) in [6.07, 6.45) is 14.1. The summed E-state index contributed by atoms with van der Waals surface area (Å²) in [5, 5.41) is 3.97. The Balaban J connectivity index is 1.19. The average molecular weight is 751 g/mol. The Bertz CT molecular complexity index is 1790. The Kier molecular flexibility index (Phi) is 10.8. The molecule has 1 N–H and O–H groups in total. The zero-order valence-electron chi connectivity index (χ0n) is 29.4. The Hall–Kier alpha value is -3.07. The summed E-state index contributed by atoms with van der Waals surface area (Å²) in [6.45, 7) is -0.396. The van der Waals surface area contributed by atoms with E-state index in [2.05, 4.69) is 17.4 Å². The van der Waals surface area contributed by atoms with E-state index < -0.39 is 28.5 Å². The van der Waals surface area contributed by atoms with Crippen molar-refractivity contribution in [3.05, 3.63) is 99.5 Å². The molecule has 5 aliphatic rings. The van der Waals surface area contributed by atoms with Gasteiger partial charge in [-0.15, -0.1) is 0 Å². The molecule has 0 heterocycles. The number of sulfonamides is 1. The molecule has 8 rings (SSSR count).